The van der Waals surface area contributed by atoms with Crippen LogP contribution in [0.25, 0.3) is 0 Å². The van der Waals surface area contributed by atoms with Gasteiger partial charge in [-0.3, -0.25) is 18.6 Å². The molecule has 2 atom stereocenters. The zero-order chi connectivity index (χ0) is 62.6. The summed E-state index contributed by atoms with van der Waals surface area (Å²) in [5.41, 5.74) is 0. The number of carbonyl (C=O) groups is 2. The Morgan fingerprint density at radius 3 is 0.988 bits per heavy atom. The molecule has 0 aromatic carbocycles. The first-order valence-corrected chi connectivity index (χ1v) is 38.9. The average Bonchev–Trinajstić information content (AvgIpc) is 3.67. The Balaban J connectivity index is 3.95. The zero-order valence-electron chi connectivity index (χ0n) is 57.8. The molecule has 2 unspecified atom stereocenters. The number of ether oxygens (including phenoxy) is 2. The SMILES string of the molecule is CC/C=C\C/C=C\C/C=C\C/C=C\CCCCCCCCCCCCCCCCCCC(=O)OC(COC(=O)CCCCCCCCCCCCCCCCCCCCCCCCCCCCCCCCCCC)COP(=O)(O)OCC[N+](C)(C)C. The Morgan fingerprint density at radius 2 is 0.663 bits per heavy atom. The van der Waals surface area contributed by atoms with Crippen LogP contribution in [-0.4, -0.2) is 74.9 Å². The lowest BCUT2D eigenvalue weighted by molar-refractivity contribution is -0.870. The van der Waals surface area contributed by atoms with Crippen LogP contribution in [0.1, 0.15) is 373 Å². The van der Waals surface area contributed by atoms with Crippen LogP contribution in [0.4, 0.5) is 0 Å². The predicted molar refractivity (Wildman–Crippen MR) is 372 cm³/mol. The summed E-state index contributed by atoms with van der Waals surface area (Å²) in [6.07, 6.45) is 88.1. The van der Waals surface area contributed by atoms with Gasteiger partial charge in [-0.2, -0.15) is 0 Å². The second-order valence-corrected chi connectivity index (χ2v) is 28.1. The van der Waals surface area contributed by atoms with Gasteiger partial charge >= 0.3 is 19.8 Å². The van der Waals surface area contributed by atoms with Crippen LogP contribution in [0.3, 0.4) is 0 Å². The molecule has 506 valence electrons. The minimum Gasteiger partial charge on any atom is -0.462 e. The number of esters is 2. The van der Waals surface area contributed by atoms with Gasteiger partial charge in [-0.1, -0.05) is 358 Å². The zero-order valence-corrected chi connectivity index (χ0v) is 58.7. The second-order valence-electron chi connectivity index (χ2n) is 26.7. The van der Waals surface area contributed by atoms with Gasteiger partial charge in [0.2, 0.25) is 0 Å². The van der Waals surface area contributed by atoms with Gasteiger partial charge in [0.25, 0.3) is 0 Å². The molecule has 0 aliphatic carbocycles. The molecular weight excluding hydrogens is 1090 g/mol. The third-order valence-electron chi connectivity index (χ3n) is 16.9. The Hall–Kier alpha value is -2.03. The first kappa shape index (κ1) is 84.0. The Bertz CT molecular complexity index is 1590. The number of rotatable bonds is 70. The van der Waals surface area contributed by atoms with Crippen molar-refractivity contribution in [3.8, 4) is 0 Å². The first-order chi connectivity index (χ1) is 42.0. The van der Waals surface area contributed by atoms with Crippen LogP contribution in [0, 0.1) is 0 Å². The smallest absolute Gasteiger partial charge is 0.462 e. The van der Waals surface area contributed by atoms with Gasteiger partial charge in [0, 0.05) is 12.8 Å². The van der Waals surface area contributed by atoms with Crippen LogP contribution >= 0.6 is 7.82 Å². The number of quaternary nitrogens is 1. The molecule has 0 aliphatic rings. The maximum Gasteiger partial charge on any atom is 0.472 e. The minimum absolute atomic E-state index is 0.0338. The fraction of sp³-hybridized carbons (Fsp3) is 0.868. The maximum atomic E-state index is 12.9. The Labute approximate surface area is 534 Å². The van der Waals surface area contributed by atoms with Crippen molar-refractivity contribution in [2.45, 2.75) is 380 Å². The van der Waals surface area contributed by atoms with Crippen LogP contribution in [0.15, 0.2) is 48.6 Å². The highest BCUT2D eigenvalue weighted by atomic mass is 31.2. The molecule has 1 N–H and O–H groups in total. The highest BCUT2D eigenvalue weighted by Gasteiger charge is 2.27. The lowest BCUT2D eigenvalue weighted by Crippen LogP contribution is -2.37. The molecule has 0 amide bonds. The maximum absolute atomic E-state index is 12.9. The number of hydrogen-bond donors (Lipinski definition) is 1. The summed E-state index contributed by atoms with van der Waals surface area (Å²) in [5.74, 6) is -0.776. The Kier molecular flexibility index (Phi) is 65.8. The molecule has 86 heavy (non-hydrogen) atoms. The van der Waals surface area contributed by atoms with E-state index in [1.807, 2.05) is 21.1 Å². The fourth-order valence-corrected chi connectivity index (χ4v) is 11.9. The van der Waals surface area contributed by atoms with Crippen molar-refractivity contribution in [1.29, 1.82) is 0 Å². The van der Waals surface area contributed by atoms with Gasteiger partial charge in [-0.05, 0) is 51.4 Å². The largest absolute Gasteiger partial charge is 0.472 e. The van der Waals surface area contributed by atoms with Crippen molar-refractivity contribution < 1.29 is 42.1 Å². The molecule has 0 saturated carbocycles. The van der Waals surface area contributed by atoms with Crippen molar-refractivity contribution in [3.05, 3.63) is 48.6 Å². The first-order valence-electron chi connectivity index (χ1n) is 37.4. The van der Waals surface area contributed by atoms with E-state index in [-0.39, 0.29) is 25.6 Å². The number of hydrogen-bond acceptors (Lipinski definition) is 7. The number of carbonyl (C=O) groups excluding carboxylic acids is 2. The molecule has 0 heterocycles. The van der Waals surface area contributed by atoms with E-state index in [2.05, 4.69) is 62.5 Å². The molecule has 9 nitrogen and oxygen atoms in total. The van der Waals surface area contributed by atoms with Gasteiger partial charge in [0.15, 0.2) is 6.10 Å². The molecular formula is C76H145NO8P+. The number of phosphoric acid groups is 1. The van der Waals surface area contributed by atoms with Gasteiger partial charge in [0.05, 0.1) is 27.7 Å². The summed E-state index contributed by atoms with van der Waals surface area (Å²) in [6, 6.07) is 0. The van der Waals surface area contributed by atoms with Crippen LogP contribution in [-0.2, 0) is 32.7 Å². The lowest BCUT2D eigenvalue weighted by atomic mass is 10.0. The Morgan fingerprint density at radius 1 is 0.372 bits per heavy atom. The van der Waals surface area contributed by atoms with Crippen molar-refractivity contribution in [1.82, 2.24) is 0 Å². The van der Waals surface area contributed by atoms with Crippen molar-refractivity contribution in [2.24, 2.45) is 0 Å². The number of nitrogens with zero attached hydrogens (tertiary/aromatic N) is 1. The van der Waals surface area contributed by atoms with E-state index in [1.54, 1.807) is 0 Å². The van der Waals surface area contributed by atoms with Gasteiger partial charge in [0.1, 0.15) is 19.8 Å². The summed E-state index contributed by atoms with van der Waals surface area (Å²) < 4.78 is 34.8. The van der Waals surface area contributed by atoms with E-state index in [1.165, 1.54) is 283 Å². The van der Waals surface area contributed by atoms with Crippen molar-refractivity contribution in [3.63, 3.8) is 0 Å². The van der Waals surface area contributed by atoms with Crippen molar-refractivity contribution >= 4 is 19.8 Å². The summed E-state index contributed by atoms with van der Waals surface area (Å²) in [5, 5.41) is 0. The normalized spacial score (nSPS) is 13.3. The monoisotopic (exact) mass is 1230 g/mol. The number of unbranched alkanes of at least 4 members (excludes halogenated alkanes) is 48. The summed E-state index contributed by atoms with van der Waals surface area (Å²) in [4.78, 5) is 35.9. The highest BCUT2D eigenvalue weighted by Crippen LogP contribution is 2.43. The highest BCUT2D eigenvalue weighted by molar-refractivity contribution is 7.47. The molecule has 0 radical (unpaired) electrons. The van der Waals surface area contributed by atoms with Crippen LogP contribution < -0.4 is 0 Å². The van der Waals surface area contributed by atoms with Crippen molar-refractivity contribution in [2.75, 3.05) is 47.5 Å². The van der Waals surface area contributed by atoms with Gasteiger partial charge in [-0.15, -0.1) is 0 Å². The second kappa shape index (κ2) is 67.4. The number of allylic oxidation sites excluding steroid dienone is 8. The third kappa shape index (κ3) is 71.1. The minimum atomic E-state index is -4.39. The quantitative estimate of drug-likeness (QED) is 0.0211. The molecule has 0 aromatic rings. The van der Waals surface area contributed by atoms with E-state index >= 15 is 0 Å². The topological polar surface area (TPSA) is 108 Å². The van der Waals surface area contributed by atoms with E-state index < -0.39 is 26.5 Å². The molecule has 0 saturated heterocycles. The van der Waals surface area contributed by atoms with Crippen LogP contribution in [0.5, 0.6) is 0 Å². The molecule has 0 fully saturated rings. The molecule has 0 rings (SSSR count). The average molecular weight is 1230 g/mol. The number of likely N-dealkylation sites (N-methyl/N-ethyl adjacent to an activating group) is 1. The lowest BCUT2D eigenvalue weighted by Gasteiger charge is -2.24. The van der Waals surface area contributed by atoms with E-state index in [4.69, 9.17) is 18.5 Å². The fourth-order valence-electron chi connectivity index (χ4n) is 11.2. The van der Waals surface area contributed by atoms with E-state index in [9.17, 15) is 19.0 Å². The molecule has 0 spiro atoms. The van der Waals surface area contributed by atoms with Crippen LogP contribution in [0.2, 0.25) is 0 Å². The van der Waals surface area contributed by atoms with E-state index in [0.717, 1.165) is 57.8 Å². The number of phosphoric ester groups is 1. The molecule has 0 aromatic heterocycles. The van der Waals surface area contributed by atoms with E-state index in [0.29, 0.717) is 23.9 Å². The predicted octanol–water partition coefficient (Wildman–Crippen LogP) is 24.4. The summed E-state index contributed by atoms with van der Waals surface area (Å²) in [7, 11) is 1.50. The molecule has 0 bridgehead atoms. The van der Waals surface area contributed by atoms with Gasteiger partial charge < -0.3 is 18.9 Å². The molecule has 0 aliphatic heterocycles. The molecule has 10 heteroatoms. The standard InChI is InChI=1S/C76H144NO8P/c1-6-8-10-12-14-16-18-20-22-24-26-28-30-32-34-36-37-38-39-41-42-44-46-48-50-52-54-56-58-60-62-64-66-68-75(78)82-72-74(73-84-86(80,81)83-71-70-77(3,4)5)85-76(79)69-67-65-63-61-59-57-55-53-51-49-47-45-43-40-35-33-31-29-27-25-23-21-19-17-15-13-11-9-7-2/h9,11,15,17,21,23,27,29,74H,6-8,10,12-14,16,18-20,22,24-26,28,30-73H2,1-5H3/p+1/b11-9-,17-15-,23-21-,29-27-. The summed E-state index contributed by atoms with van der Waals surface area (Å²) in [6.45, 7) is 4.39. The third-order valence-corrected chi connectivity index (χ3v) is 17.9. The summed E-state index contributed by atoms with van der Waals surface area (Å²) >= 11 is 0. The van der Waals surface area contributed by atoms with Gasteiger partial charge in [-0.25, -0.2) is 4.57 Å².